The Bertz CT molecular complexity index is 1180. The van der Waals surface area contributed by atoms with Gasteiger partial charge in [0.05, 0.1) is 18.3 Å². The SMILES string of the molecule is CSCCC(NC(C)=O)C(O)C(O)C(Cc1cc(F)cc(F)c1)NC(=O)c1csc(N(C)S(C)(=O)=O)n1. The molecule has 2 rings (SSSR count). The van der Waals surface area contributed by atoms with Crippen molar-refractivity contribution in [1.29, 1.82) is 0 Å². The predicted molar refractivity (Wildman–Crippen MR) is 139 cm³/mol. The summed E-state index contributed by atoms with van der Waals surface area (Å²) < 4.78 is 52.0. The van der Waals surface area contributed by atoms with Crippen LogP contribution in [0.4, 0.5) is 13.9 Å². The number of benzene rings is 1. The highest BCUT2D eigenvalue weighted by atomic mass is 32.2. The van der Waals surface area contributed by atoms with E-state index in [-0.39, 0.29) is 22.8 Å². The van der Waals surface area contributed by atoms with Crippen LogP contribution in [0.5, 0.6) is 0 Å². The molecular weight excluding hydrogens is 550 g/mol. The summed E-state index contributed by atoms with van der Waals surface area (Å²) in [6.45, 7) is 1.26. The molecule has 10 nitrogen and oxygen atoms in total. The summed E-state index contributed by atoms with van der Waals surface area (Å²) in [6, 6.07) is 0.613. The highest BCUT2D eigenvalue weighted by Gasteiger charge is 2.34. The molecule has 4 N–H and O–H groups in total. The zero-order chi connectivity index (χ0) is 27.9. The fourth-order valence-corrected chi connectivity index (χ4v) is 5.47. The molecule has 0 saturated carbocycles. The van der Waals surface area contributed by atoms with Crippen LogP contribution in [0, 0.1) is 11.6 Å². The number of hydrogen-bond donors (Lipinski definition) is 4. The molecule has 1 heterocycles. The molecule has 2 amide bonds. The van der Waals surface area contributed by atoms with Gasteiger partial charge >= 0.3 is 0 Å². The third kappa shape index (κ3) is 9.17. The lowest BCUT2D eigenvalue weighted by Crippen LogP contribution is -2.56. The quantitative estimate of drug-likeness (QED) is 0.276. The second-order valence-corrected chi connectivity index (χ2v) is 12.2. The number of nitrogens with one attached hydrogen (secondary N) is 2. The van der Waals surface area contributed by atoms with Crippen LogP contribution in [-0.2, 0) is 21.2 Å². The number of hydrogen-bond acceptors (Lipinski definition) is 9. The summed E-state index contributed by atoms with van der Waals surface area (Å²) in [5.41, 5.74) is -0.0570. The number of carbonyl (C=O) groups excluding carboxylic acids is 2. The first kappa shape index (κ1) is 30.9. The highest BCUT2D eigenvalue weighted by Crippen LogP contribution is 2.22. The molecule has 0 spiro atoms. The molecule has 4 unspecified atom stereocenters. The van der Waals surface area contributed by atoms with Gasteiger partial charge in [0.15, 0.2) is 5.13 Å². The number of carbonyl (C=O) groups is 2. The molecular formula is C22H30F2N4O6S3. The molecule has 1 aromatic heterocycles. The number of nitrogens with zero attached hydrogens (tertiary/aromatic N) is 2. The minimum absolute atomic E-state index is 0.0276. The number of sulfonamides is 1. The van der Waals surface area contributed by atoms with Gasteiger partial charge in [0.25, 0.3) is 5.91 Å². The Morgan fingerprint density at radius 2 is 1.73 bits per heavy atom. The molecule has 0 bridgehead atoms. The molecule has 0 aliphatic rings. The topological polar surface area (TPSA) is 149 Å². The van der Waals surface area contributed by atoms with Gasteiger partial charge in [-0.05, 0) is 42.5 Å². The van der Waals surface area contributed by atoms with Gasteiger partial charge in [-0.1, -0.05) is 0 Å². The monoisotopic (exact) mass is 580 g/mol. The molecule has 206 valence electrons. The van der Waals surface area contributed by atoms with Crippen molar-refractivity contribution >= 4 is 50.1 Å². The molecule has 0 radical (unpaired) electrons. The third-order valence-corrected chi connectivity index (χ3v) is 8.23. The molecule has 1 aromatic carbocycles. The van der Waals surface area contributed by atoms with Crippen molar-refractivity contribution in [3.8, 4) is 0 Å². The second kappa shape index (κ2) is 13.5. The van der Waals surface area contributed by atoms with Crippen LogP contribution in [0.1, 0.15) is 29.4 Å². The molecule has 0 fully saturated rings. The van der Waals surface area contributed by atoms with Crippen LogP contribution in [-0.4, -0.2) is 85.0 Å². The van der Waals surface area contributed by atoms with Crippen molar-refractivity contribution in [1.82, 2.24) is 15.6 Å². The Kier molecular flexibility index (Phi) is 11.2. The molecule has 0 aliphatic carbocycles. The van der Waals surface area contributed by atoms with Gasteiger partial charge in [0.1, 0.15) is 29.5 Å². The number of anilines is 1. The van der Waals surface area contributed by atoms with E-state index >= 15 is 0 Å². The van der Waals surface area contributed by atoms with E-state index in [4.69, 9.17) is 0 Å². The Labute approximate surface area is 222 Å². The van der Waals surface area contributed by atoms with Crippen LogP contribution in [0.2, 0.25) is 0 Å². The Balaban J connectivity index is 2.35. The first-order valence-electron chi connectivity index (χ1n) is 11.0. The first-order chi connectivity index (χ1) is 17.2. The minimum atomic E-state index is -3.62. The molecule has 37 heavy (non-hydrogen) atoms. The van der Waals surface area contributed by atoms with Crippen LogP contribution in [0.3, 0.4) is 0 Å². The Morgan fingerprint density at radius 1 is 1.14 bits per heavy atom. The van der Waals surface area contributed by atoms with E-state index in [1.165, 1.54) is 31.1 Å². The zero-order valence-corrected chi connectivity index (χ0v) is 23.1. The number of thioether (sulfide) groups is 1. The van der Waals surface area contributed by atoms with Crippen LogP contribution in [0.15, 0.2) is 23.6 Å². The first-order valence-corrected chi connectivity index (χ1v) is 15.1. The second-order valence-electron chi connectivity index (χ2n) is 8.38. The van der Waals surface area contributed by atoms with Crippen LogP contribution >= 0.6 is 23.1 Å². The number of aliphatic hydroxyl groups excluding tert-OH is 2. The number of aliphatic hydroxyl groups is 2. The van der Waals surface area contributed by atoms with Gasteiger partial charge in [-0.2, -0.15) is 11.8 Å². The number of rotatable bonds is 13. The molecule has 0 aliphatic heterocycles. The summed E-state index contributed by atoms with van der Waals surface area (Å²) in [5.74, 6) is -2.41. The van der Waals surface area contributed by atoms with E-state index in [0.717, 1.165) is 34.0 Å². The van der Waals surface area contributed by atoms with E-state index in [0.29, 0.717) is 18.2 Å². The average molecular weight is 581 g/mol. The van der Waals surface area contributed by atoms with E-state index in [1.807, 2.05) is 6.26 Å². The summed E-state index contributed by atoms with van der Waals surface area (Å²) in [5, 5.41) is 28.4. The van der Waals surface area contributed by atoms with Crippen molar-refractivity contribution in [3.05, 3.63) is 46.5 Å². The van der Waals surface area contributed by atoms with Crippen molar-refractivity contribution in [3.63, 3.8) is 0 Å². The summed E-state index contributed by atoms with van der Waals surface area (Å²) in [7, 11) is -2.35. The Morgan fingerprint density at radius 3 is 2.27 bits per heavy atom. The highest BCUT2D eigenvalue weighted by molar-refractivity contribution is 7.98. The van der Waals surface area contributed by atoms with Gasteiger partial charge in [-0.15, -0.1) is 11.3 Å². The van der Waals surface area contributed by atoms with Crippen molar-refractivity contribution in [2.75, 3.05) is 29.6 Å². The summed E-state index contributed by atoms with van der Waals surface area (Å²) >= 11 is 2.36. The predicted octanol–water partition coefficient (Wildman–Crippen LogP) is 1.14. The lowest BCUT2D eigenvalue weighted by Gasteiger charge is -2.32. The van der Waals surface area contributed by atoms with Gasteiger partial charge in [0.2, 0.25) is 15.9 Å². The maximum absolute atomic E-state index is 13.8. The van der Waals surface area contributed by atoms with E-state index in [2.05, 4.69) is 15.6 Å². The number of thiazole rings is 1. The minimum Gasteiger partial charge on any atom is -0.388 e. The largest absolute Gasteiger partial charge is 0.388 e. The van der Waals surface area contributed by atoms with E-state index < -0.39 is 57.8 Å². The van der Waals surface area contributed by atoms with Crippen molar-refractivity contribution in [2.24, 2.45) is 0 Å². The fourth-order valence-electron chi connectivity index (χ4n) is 3.45. The lowest BCUT2D eigenvalue weighted by molar-refractivity contribution is -0.121. The summed E-state index contributed by atoms with van der Waals surface area (Å²) in [6.07, 6.45) is -0.357. The number of aromatic nitrogens is 1. The maximum Gasteiger partial charge on any atom is 0.271 e. The van der Waals surface area contributed by atoms with Gasteiger partial charge in [-0.3, -0.25) is 9.59 Å². The third-order valence-electron chi connectivity index (χ3n) is 5.38. The lowest BCUT2D eigenvalue weighted by atomic mass is 9.92. The van der Waals surface area contributed by atoms with Gasteiger partial charge < -0.3 is 20.8 Å². The molecule has 2 aromatic rings. The summed E-state index contributed by atoms with van der Waals surface area (Å²) in [4.78, 5) is 28.6. The number of amides is 2. The van der Waals surface area contributed by atoms with Gasteiger partial charge in [-0.25, -0.2) is 26.5 Å². The molecule has 0 saturated heterocycles. The maximum atomic E-state index is 13.8. The molecule has 15 heteroatoms. The Hall–Kier alpha value is -2.33. The van der Waals surface area contributed by atoms with E-state index in [9.17, 15) is 37.0 Å². The van der Waals surface area contributed by atoms with Crippen molar-refractivity contribution in [2.45, 2.75) is 44.1 Å². The van der Waals surface area contributed by atoms with Crippen LogP contribution < -0.4 is 14.9 Å². The van der Waals surface area contributed by atoms with E-state index in [1.54, 1.807) is 0 Å². The normalized spacial score (nSPS) is 14.9. The standard InChI is InChI=1S/C22H30F2N4O6S3/c1-12(29)25-16(5-6-35-3)19(30)20(31)17(9-13-7-14(23)10-15(24)8-13)26-21(32)18-11-36-22(27-18)28(2)37(4,33)34/h7-8,10-11,16-17,19-20,30-31H,5-6,9H2,1-4H3,(H,25,29)(H,26,32). The van der Waals surface area contributed by atoms with Gasteiger partial charge in [0, 0.05) is 25.4 Å². The van der Waals surface area contributed by atoms with Crippen molar-refractivity contribution < 1.29 is 37.0 Å². The zero-order valence-electron chi connectivity index (χ0n) is 20.6. The fraction of sp³-hybridized carbons (Fsp3) is 0.500. The van der Waals surface area contributed by atoms with Crippen LogP contribution in [0.25, 0.3) is 0 Å². The molecule has 4 atom stereocenters. The average Bonchev–Trinajstić information content (AvgIpc) is 3.28. The smallest absolute Gasteiger partial charge is 0.271 e. The number of halogens is 2.